The molecule has 1 aromatic rings. The molecule has 2 atom stereocenters. The number of aryl methyl sites for hydroxylation is 1. The number of nitrogens with one attached hydrogen (secondary N) is 1. The second kappa shape index (κ2) is 4.62. The Labute approximate surface area is 91.1 Å². The molecule has 2 rings (SSSR count). The molecule has 0 saturated heterocycles. The maximum Gasteiger partial charge on any atom is 0.0412 e. The summed E-state index contributed by atoms with van der Waals surface area (Å²) in [5.41, 5.74) is 8.46. The average molecular weight is 205 g/mol. The first-order valence-electron chi connectivity index (χ1n) is 5.70. The first kappa shape index (κ1) is 10.4. The highest BCUT2D eigenvalue weighted by Gasteiger charge is 2.21. The van der Waals surface area contributed by atoms with Gasteiger partial charge in [-0.3, -0.25) is 4.98 Å². The lowest BCUT2D eigenvalue weighted by molar-refractivity contribution is 0.404. The Balaban J connectivity index is 2.04. The zero-order valence-corrected chi connectivity index (χ0v) is 9.24. The molecule has 0 bridgehead atoms. The molecule has 0 amide bonds. The minimum atomic E-state index is 0.298. The quantitative estimate of drug-likeness (QED) is 0.777. The van der Waals surface area contributed by atoms with E-state index in [1.165, 1.54) is 30.5 Å². The van der Waals surface area contributed by atoms with Crippen molar-refractivity contribution in [1.82, 2.24) is 4.98 Å². The molecule has 15 heavy (non-hydrogen) atoms. The van der Waals surface area contributed by atoms with Gasteiger partial charge in [-0.15, -0.1) is 0 Å². The van der Waals surface area contributed by atoms with Crippen LogP contribution in [0.5, 0.6) is 0 Å². The van der Waals surface area contributed by atoms with Crippen LogP contribution in [0.3, 0.4) is 0 Å². The Bertz CT molecular complexity index is 324. The molecule has 3 nitrogen and oxygen atoms in total. The van der Waals surface area contributed by atoms with Crippen LogP contribution < -0.4 is 11.1 Å². The van der Waals surface area contributed by atoms with Gasteiger partial charge in [-0.05, 0) is 31.4 Å². The van der Waals surface area contributed by atoms with Crippen molar-refractivity contribution in [3.05, 3.63) is 24.0 Å². The van der Waals surface area contributed by atoms with Crippen LogP contribution in [0.2, 0.25) is 0 Å². The first-order chi connectivity index (χ1) is 7.27. The molecule has 3 N–H and O–H groups in total. The van der Waals surface area contributed by atoms with Crippen molar-refractivity contribution in [1.29, 1.82) is 0 Å². The fourth-order valence-corrected chi connectivity index (χ4v) is 2.17. The van der Waals surface area contributed by atoms with Gasteiger partial charge in [-0.2, -0.15) is 0 Å². The van der Waals surface area contributed by atoms with Gasteiger partial charge in [0.05, 0.1) is 0 Å². The first-order valence-corrected chi connectivity index (χ1v) is 5.70. The van der Waals surface area contributed by atoms with E-state index in [0.717, 1.165) is 6.42 Å². The molecule has 1 saturated carbocycles. The highest BCUT2D eigenvalue weighted by molar-refractivity contribution is 5.49. The number of nitrogens with two attached hydrogens (primary N) is 1. The molecule has 3 heteroatoms. The Morgan fingerprint density at radius 3 is 2.93 bits per heavy atom. The summed E-state index contributed by atoms with van der Waals surface area (Å²) < 4.78 is 0. The van der Waals surface area contributed by atoms with E-state index in [2.05, 4.69) is 17.2 Å². The number of anilines is 1. The number of aromatic nitrogens is 1. The molecular formula is C12H19N3. The lowest BCUT2D eigenvalue weighted by Crippen LogP contribution is -2.42. The van der Waals surface area contributed by atoms with Gasteiger partial charge in [0.25, 0.3) is 0 Å². The van der Waals surface area contributed by atoms with Crippen molar-refractivity contribution in [2.75, 3.05) is 5.32 Å². The van der Waals surface area contributed by atoms with E-state index in [0.29, 0.717) is 12.1 Å². The van der Waals surface area contributed by atoms with Crippen LogP contribution in [0.4, 0.5) is 5.69 Å². The molecule has 1 aliphatic rings. The van der Waals surface area contributed by atoms with Gasteiger partial charge in [0, 0.05) is 30.2 Å². The molecule has 1 fully saturated rings. The van der Waals surface area contributed by atoms with Gasteiger partial charge < -0.3 is 11.1 Å². The molecular weight excluding hydrogens is 186 g/mol. The lowest BCUT2D eigenvalue weighted by atomic mass is 9.91. The van der Waals surface area contributed by atoms with Crippen LogP contribution in [0.25, 0.3) is 0 Å². The van der Waals surface area contributed by atoms with Crippen LogP contribution in [-0.4, -0.2) is 17.1 Å². The largest absolute Gasteiger partial charge is 0.380 e. The third-order valence-corrected chi connectivity index (χ3v) is 3.18. The smallest absolute Gasteiger partial charge is 0.0412 e. The van der Waals surface area contributed by atoms with Crippen molar-refractivity contribution < 1.29 is 0 Å². The number of hydrogen-bond acceptors (Lipinski definition) is 3. The Kier molecular flexibility index (Phi) is 3.21. The molecule has 0 aromatic carbocycles. The van der Waals surface area contributed by atoms with Crippen molar-refractivity contribution in [3.63, 3.8) is 0 Å². The van der Waals surface area contributed by atoms with Gasteiger partial charge in [0.2, 0.25) is 0 Å². The summed E-state index contributed by atoms with van der Waals surface area (Å²) in [6, 6.07) is 2.75. The van der Waals surface area contributed by atoms with E-state index < -0.39 is 0 Å². The molecule has 0 aliphatic heterocycles. The average Bonchev–Trinajstić information content (AvgIpc) is 2.24. The third kappa shape index (κ3) is 2.48. The summed E-state index contributed by atoms with van der Waals surface area (Å²) in [4.78, 5) is 4.09. The number of hydrogen-bond donors (Lipinski definition) is 2. The topological polar surface area (TPSA) is 50.9 Å². The van der Waals surface area contributed by atoms with Gasteiger partial charge in [-0.25, -0.2) is 0 Å². The Morgan fingerprint density at radius 2 is 2.20 bits per heavy atom. The summed E-state index contributed by atoms with van der Waals surface area (Å²) in [5, 5.41) is 3.53. The monoisotopic (exact) mass is 205 g/mol. The lowest BCUT2D eigenvalue weighted by Gasteiger charge is -2.30. The fraction of sp³-hybridized carbons (Fsp3) is 0.583. The summed E-state index contributed by atoms with van der Waals surface area (Å²) in [6.45, 7) is 2.07. The Morgan fingerprint density at radius 1 is 1.40 bits per heavy atom. The van der Waals surface area contributed by atoms with Gasteiger partial charge in [0.15, 0.2) is 0 Å². The minimum absolute atomic E-state index is 0.298. The molecule has 0 spiro atoms. The van der Waals surface area contributed by atoms with Crippen molar-refractivity contribution >= 4 is 5.69 Å². The van der Waals surface area contributed by atoms with Crippen molar-refractivity contribution in [2.45, 2.75) is 44.7 Å². The summed E-state index contributed by atoms with van der Waals surface area (Å²) in [5.74, 6) is 0. The van der Waals surface area contributed by atoms with Crippen LogP contribution in [0.15, 0.2) is 18.5 Å². The molecule has 0 radical (unpaired) electrons. The van der Waals surface area contributed by atoms with Crippen LogP contribution in [-0.2, 0) is 0 Å². The SMILES string of the molecule is Cc1cnccc1NC1CCCCC1N. The maximum atomic E-state index is 6.10. The number of rotatable bonds is 2. The third-order valence-electron chi connectivity index (χ3n) is 3.18. The molecule has 2 unspecified atom stereocenters. The van der Waals surface area contributed by atoms with E-state index in [4.69, 9.17) is 5.73 Å². The predicted molar refractivity (Wildman–Crippen MR) is 62.8 cm³/mol. The van der Waals surface area contributed by atoms with E-state index in [1.54, 1.807) is 0 Å². The molecule has 1 aliphatic carbocycles. The zero-order valence-electron chi connectivity index (χ0n) is 9.24. The predicted octanol–water partition coefficient (Wildman–Crippen LogP) is 2.07. The molecule has 82 valence electrons. The standard InChI is InChI=1S/C12H19N3/c1-9-8-14-7-6-11(9)15-12-5-3-2-4-10(12)13/h6-8,10,12H,2-5,13H2,1H3,(H,14,15). The minimum Gasteiger partial charge on any atom is -0.380 e. The second-order valence-corrected chi connectivity index (χ2v) is 4.39. The number of pyridine rings is 1. The highest BCUT2D eigenvalue weighted by atomic mass is 15.0. The van der Waals surface area contributed by atoms with Gasteiger partial charge >= 0.3 is 0 Å². The van der Waals surface area contributed by atoms with Gasteiger partial charge in [-0.1, -0.05) is 12.8 Å². The van der Waals surface area contributed by atoms with E-state index in [-0.39, 0.29) is 0 Å². The second-order valence-electron chi connectivity index (χ2n) is 4.39. The van der Waals surface area contributed by atoms with Crippen LogP contribution in [0.1, 0.15) is 31.2 Å². The van der Waals surface area contributed by atoms with Gasteiger partial charge in [0.1, 0.15) is 0 Å². The van der Waals surface area contributed by atoms with Crippen LogP contribution >= 0.6 is 0 Å². The van der Waals surface area contributed by atoms with Crippen molar-refractivity contribution in [2.24, 2.45) is 5.73 Å². The van der Waals surface area contributed by atoms with E-state index in [1.807, 2.05) is 18.5 Å². The number of nitrogens with zero attached hydrogens (tertiary/aromatic N) is 1. The highest BCUT2D eigenvalue weighted by Crippen LogP contribution is 2.22. The summed E-state index contributed by atoms with van der Waals surface area (Å²) in [6.07, 6.45) is 8.59. The zero-order chi connectivity index (χ0) is 10.7. The normalized spacial score (nSPS) is 26.3. The van der Waals surface area contributed by atoms with Crippen LogP contribution in [0, 0.1) is 6.92 Å². The van der Waals surface area contributed by atoms with Crippen molar-refractivity contribution in [3.8, 4) is 0 Å². The molecule has 1 aromatic heterocycles. The fourth-order valence-electron chi connectivity index (χ4n) is 2.17. The van der Waals surface area contributed by atoms with E-state index >= 15 is 0 Å². The Hall–Kier alpha value is -1.09. The summed E-state index contributed by atoms with van der Waals surface area (Å²) >= 11 is 0. The summed E-state index contributed by atoms with van der Waals surface area (Å²) in [7, 11) is 0. The van der Waals surface area contributed by atoms with E-state index in [9.17, 15) is 0 Å². The molecule has 1 heterocycles. The maximum absolute atomic E-state index is 6.10.